The lowest BCUT2D eigenvalue weighted by Gasteiger charge is -2.18. The number of amides is 2. The maximum Gasteiger partial charge on any atom is 0.416 e. The highest BCUT2D eigenvalue weighted by Gasteiger charge is 2.21. The first-order valence-electron chi connectivity index (χ1n) is 5.89. The number of carbonyl (C=O) groups excluding carboxylic acids is 3. The molecule has 0 radical (unpaired) electrons. The zero-order valence-corrected chi connectivity index (χ0v) is 11.6. The highest BCUT2D eigenvalue weighted by molar-refractivity contribution is 5.84. The number of nitrogens with two attached hydrogens (primary N) is 1. The van der Waals surface area contributed by atoms with Crippen molar-refractivity contribution < 1.29 is 28.8 Å². The van der Waals surface area contributed by atoms with Gasteiger partial charge in [0.05, 0.1) is 12.0 Å². The van der Waals surface area contributed by atoms with Gasteiger partial charge in [-0.3, -0.25) is 24.6 Å². The van der Waals surface area contributed by atoms with Crippen LogP contribution < -0.4 is 10.5 Å². The Balaban J connectivity index is 2.78. The van der Waals surface area contributed by atoms with Gasteiger partial charge in [0.2, 0.25) is 5.91 Å². The van der Waals surface area contributed by atoms with Crippen LogP contribution in [0.1, 0.15) is 0 Å². The Bertz CT molecular complexity index is 585. The van der Waals surface area contributed by atoms with Gasteiger partial charge in [0, 0.05) is 12.1 Å². The molecule has 0 spiro atoms. The number of primary amides is 1. The lowest BCUT2D eigenvalue weighted by Crippen LogP contribution is -2.43. The fourth-order valence-electron chi connectivity index (χ4n) is 1.39. The maximum atomic E-state index is 11.9. The molecular formula is C12H13N3O7. The predicted octanol–water partition coefficient (Wildman–Crippen LogP) is 0.0539. The third kappa shape index (κ3) is 5.07. The van der Waals surface area contributed by atoms with E-state index >= 15 is 0 Å². The van der Waals surface area contributed by atoms with Crippen molar-refractivity contribution >= 4 is 23.7 Å². The fraction of sp³-hybridized carbons (Fsp3) is 0.250. The van der Waals surface area contributed by atoms with Crippen molar-refractivity contribution in [2.75, 3.05) is 20.2 Å². The summed E-state index contributed by atoms with van der Waals surface area (Å²) in [6, 6.07) is 4.69. The van der Waals surface area contributed by atoms with E-state index in [0.717, 1.165) is 24.1 Å². The first kappa shape index (κ1) is 16.9. The SMILES string of the molecule is COC(=O)CN(CC(N)=O)C(=O)Oc1ccc([N+](=O)[O-])cc1. The van der Waals surface area contributed by atoms with Crippen molar-refractivity contribution in [3.8, 4) is 5.75 Å². The molecule has 0 heterocycles. The van der Waals surface area contributed by atoms with Gasteiger partial charge in [0.15, 0.2) is 0 Å². The van der Waals surface area contributed by atoms with Gasteiger partial charge in [-0.1, -0.05) is 0 Å². The largest absolute Gasteiger partial charge is 0.468 e. The number of hydrogen-bond donors (Lipinski definition) is 1. The first-order valence-corrected chi connectivity index (χ1v) is 5.89. The predicted molar refractivity (Wildman–Crippen MR) is 71.9 cm³/mol. The number of nitro benzene ring substituents is 1. The van der Waals surface area contributed by atoms with Gasteiger partial charge in [0.1, 0.15) is 18.8 Å². The lowest BCUT2D eigenvalue weighted by molar-refractivity contribution is -0.384. The summed E-state index contributed by atoms with van der Waals surface area (Å²) in [5.74, 6) is -1.60. The molecule has 118 valence electrons. The second-order valence-corrected chi connectivity index (χ2v) is 4.02. The van der Waals surface area contributed by atoms with Gasteiger partial charge in [-0.15, -0.1) is 0 Å². The normalized spacial score (nSPS) is 9.68. The van der Waals surface area contributed by atoms with Crippen LogP contribution in [0.2, 0.25) is 0 Å². The van der Waals surface area contributed by atoms with Crippen molar-refractivity contribution in [1.82, 2.24) is 4.90 Å². The standard InChI is InChI=1S/C12H13N3O7/c1-21-11(17)7-14(6-10(13)16)12(18)22-9-4-2-8(3-5-9)15(19)20/h2-5H,6-7H2,1H3,(H2,13,16). The van der Waals surface area contributed by atoms with E-state index in [0.29, 0.717) is 0 Å². The average Bonchev–Trinajstić information content (AvgIpc) is 2.46. The smallest absolute Gasteiger partial charge is 0.416 e. The van der Waals surface area contributed by atoms with Crippen LogP contribution in [0.15, 0.2) is 24.3 Å². The second-order valence-electron chi connectivity index (χ2n) is 4.02. The molecule has 1 rings (SSSR count). The van der Waals surface area contributed by atoms with Crippen LogP contribution in [0, 0.1) is 10.1 Å². The number of ether oxygens (including phenoxy) is 2. The number of non-ortho nitro benzene ring substituents is 1. The van der Waals surface area contributed by atoms with E-state index in [4.69, 9.17) is 10.5 Å². The summed E-state index contributed by atoms with van der Waals surface area (Å²) >= 11 is 0. The average molecular weight is 311 g/mol. The van der Waals surface area contributed by atoms with E-state index in [9.17, 15) is 24.5 Å². The molecule has 1 aromatic rings. The minimum Gasteiger partial charge on any atom is -0.468 e. The van der Waals surface area contributed by atoms with E-state index in [1.165, 1.54) is 12.1 Å². The number of hydrogen-bond acceptors (Lipinski definition) is 7. The van der Waals surface area contributed by atoms with Crippen LogP contribution in [-0.2, 0) is 14.3 Å². The molecule has 2 N–H and O–H groups in total. The monoisotopic (exact) mass is 311 g/mol. The Morgan fingerprint density at radius 3 is 2.27 bits per heavy atom. The van der Waals surface area contributed by atoms with Crippen LogP contribution in [0.4, 0.5) is 10.5 Å². The first-order chi connectivity index (χ1) is 10.3. The molecule has 10 nitrogen and oxygen atoms in total. The number of carbonyl (C=O) groups is 3. The van der Waals surface area contributed by atoms with Crippen LogP contribution >= 0.6 is 0 Å². The fourth-order valence-corrected chi connectivity index (χ4v) is 1.39. The van der Waals surface area contributed by atoms with E-state index in [-0.39, 0.29) is 11.4 Å². The molecule has 0 saturated carbocycles. The van der Waals surface area contributed by atoms with Gasteiger partial charge in [-0.05, 0) is 12.1 Å². The van der Waals surface area contributed by atoms with Crippen molar-refractivity contribution in [3.63, 3.8) is 0 Å². The molecule has 0 saturated heterocycles. The zero-order valence-electron chi connectivity index (χ0n) is 11.6. The number of rotatable bonds is 6. The maximum absolute atomic E-state index is 11.9. The van der Waals surface area contributed by atoms with E-state index in [1.54, 1.807) is 0 Å². The van der Waals surface area contributed by atoms with Gasteiger partial charge < -0.3 is 15.2 Å². The van der Waals surface area contributed by atoms with Crippen molar-refractivity contribution in [3.05, 3.63) is 34.4 Å². The quantitative estimate of drug-likeness (QED) is 0.444. The highest BCUT2D eigenvalue weighted by atomic mass is 16.6. The molecule has 0 fully saturated rings. The van der Waals surface area contributed by atoms with E-state index in [2.05, 4.69) is 4.74 Å². The molecule has 2 amide bonds. The molecular weight excluding hydrogens is 298 g/mol. The number of nitro groups is 1. The molecule has 22 heavy (non-hydrogen) atoms. The number of benzene rings is 1. The number of esters is 1. The van der Waals surface area contributed by atoms with Crippen LogP contribution in [0.25, 0.3) is 0 Å². The van der Waals surface area contributed by atoms with Gasteiger partial charge in [-0.2, -0.15) is 0 Å². The van der Waals surface area contributed by atoms with E-state index < -0.39 is 36.0 Å². The van der Waals surface area contributed by atoms with Crippen LogP contribution in [-0.4, -0.2) is 48.0 Å². The third-order valence-electron chi connectivity index (χ3n) is 2.41. The molecule has 0 atom stereocenters. The summed E-state index contributed by atoms with van der Waals surface area (Å²) in [5.41, 5.74) is 4.80. The Morgan fingerprint density at radius 1 is 1.23 bits per heavy atom. The molecule has 0 unspecified atom stereocenters. The summed E-state index contributed by atoms with van der Waals surface area (Å²) in [4.78, 5) is 44.6. The molecule has 0 aliphatic heterocycles. The number of methoxy groups -OCH3 is 1. The van der Waals surface area contributed by atoms with E-state index in [1.807, 2.05) is 0 Å². The summed E-state index contributed by atoms with van der Waals surface area (Å²) in [7, 11) is 1.12. The summed E-state index contributed by atoms with van der Waals surface area (Å²) in [6.07, 6.45) is -1.02. The highest BCUT2D eigenvalue weighted by Crippen LogP contribution is 2.18. The summed E-state index contributed by atoms with van der Waals surface area (Å²) < 4.78 is 9.30. The van der Waals surface area contributed by atoms with Crippen molar-refractivity contribution in [1.29, 1.82) is 0 Å². The zero-order chi connectivity index (χ0) is 16.7. The molecule has 0 aliphatic rings. The van der Waals surface area contributed by atoms with Crippen LogP contribution in [0.3, 0.4) is 0 Å². The Morgan fingerprint density at radius 2 is 1.82 bits per heavy atom. The van der Waals surface area contributed by atoms with Crippen molar-refractivity contribution in [2.45, 2.75) is 0 Å². The molecule has 0 aliphatic carbocycles. The van der Waals surface area contributed by atoms with Gasteiger partial charge in [0.25, 0.3) is 5.69 Å². The second kappa shape index (κ2) is 7.57. The Labute approximate surface area is 124 Å². The number of nitrogens with zero attached hydrogens (tertiary/aromatic N) is 2. The Hall–Kier alpha value is -3.17. The Kier molecular flexibility index (Phi) is 5.81. The van der Waals surface area contributed by atoms with Crippen LogP contribution in [0.5, 0.6) is 5.75 Å². The minimum atomic E-state index is -1.02. The molecule has 1 aromatic carbocycles. The summed E-state index contributed by atoms with van der Waals surface area (Å²) in [6.45, 7) is -1.06. The topological polar surface area (TPSA) is 142 Å². The van der Waals surface area contributed by atoms with Gasteiger partial charge >= 0.3 is 12.1 Å². The lowest BCUT2D eigenvalue weighted by atomic mass is 10.3. The molecule has 0 bridgehead atoms. The molecule has 0 aromatic heterocycles. The third-order valence-corrected chi connectivity index (χ3v) is 2.41. The van der Waals surface area contributed by atoms with Gasteiger partial charge in [-0.25, -0.2) is 4.79 Å². The van der Waals surface area contributed by atoms with Crippen molar-refractivity contribution in [2.24, 2.45) is 5.73 Å². The molecule has 10 heteroatoms. The summed E-state index contributed by atoms with van der Waals surface area (Å²) in [5, 5.41) is 10.5. The minimum absolute atomic E-state index is 0.00920.